The highest BCUT2D eigenvalue weighted by molar-refractivity contribution is 7.98. The van der Waals surface area contributed by atoms with Gasteiger partial charge in [0.1, 0.15) is 0 Å². The molecule has 0 radical (unpaired) electrons. The van der Waals surface area contributed by atoms with Gasteiger partial charge in [-0.3, -0.25) is 4.98 Å². The summed E-state index contributed by atoms with van der Waals surface area (Å²) in [6.45, 7) is 0. The van der Waals surface area contributed by atoms with Crippen LogP contribution in [0.4, 0.5) is 0 Å². The molecule has 2 aromatic heterocycles. The van der Waals surface area contributed by atoms with Gasteiger partial charge in [0, 0.05) is 23.7 Å². The second kappa shape index (κ2) is 6.28. The number of hydrogen-bond donors (Lipinski definition) is 1. The second-order valence-electron chi connectivity index (χ2n) is 4.51. The number of hydrogen-bond acceptors (Lipinski definition) is 6. The first-order valence-corrected chi connectivity index (χ1v) is 7.49. The SMILES string of the molecule is N#Cc1ccc(CSc2nnc(-c3ccncc3)n2N)cc1. The van der Waals surface area contributed by atoms with Gasteiger partial charge in [-0.15, -0.1) is 10.2 Å². The van der Waals surface area contributed by atoms with Crippen molar-refractivity contribution < 1.29 is 0 Å². The molecule has 2 heterocycles. The van der Waals surface area contributed by atoms with Crippen molar-refractivity contribution in [2.75, 3.05) is 5.84 Å². The van der Waals surface area contributed by atoms with Gasteiger partial charge in [0.15, 0.2) is 5.82 Å². The van der Waals surface area contributed by atoms with E-state index >= 15 is 0 Å². The number of pyridine rings is 1. The maximum atomic E-state index is 8.79. The van der Waals surface area contributed by atoms with Crippen molar-refractivity contribution in [3.05, 3.63) is 59.9 Å². The molecule has 1 aromatic carbocycles. The lowest BCUT2D eigenvalue weighted by atomic mass is 10.2. The Bertz CT molecular complexity index is 804. The molecule has 3 aromatic rings. The van der Waals surface area contributed by atoms with Crippen LogP contribution in [-0.2, 0) is 5.75 Å². The monoisotopic (exact) mass is 308 g/mol. The first-order chi connectivity index (χ1) is 10.8. The van der Waals surface area contributed by atoms with Gasteiger partial charge in [-0.1, -0.05) is 23.9 Å². The standard InChI is InChI=1S/C15H12N6S/c16-9-11-1-3-12(4-2-11)10-22-15-20-19-14(21(15)17)13-5-7-18-8-6-13/h1-8H,10,17H2. The van der Waals surface area contributed by atoms with Crippen LogP contribution in [0.25, 0.3) is 11.4 Å². The molecule has 7 heteroatoms. The summed E-state index contributed by atoms with van der Waals surface area (Å²) in [5, 5.41) is 17.7. The predicted octanol–water partition coefficient (Wildman–Crippen LogP) is 2.22. The van der Waals surface area contributed by atoms with Gasteiger partial charge in [0.05, 0.1) is 11.6 Å². The van der Waals surface area contributed by atoms with Crippen LogP contribution >= 0.6 is 11.8 Å². The molecule has 0 amide bonds. The summed E-state index contributed by atoms with van der Waals surface area (Å²) in [6.07, 6.45) is 3.38. The number of benzene rings is 1. The van der Waals surface area contributed by atoms with E-state index < -0.39 is 0 Å². The lowest BCUT2D eigenvalue weighted by molar-refractivity contribution is 0.849. The van der Waals surface area contributed by atoms with Gasteiger partial charge in [0.2, 0.25) is 5.16 Å². The number of nitrogens with zero attached hydrogens (tertiary/aromatic N) is 5. The molecule has 0 unspecified atom stereocenters. The fourth-order valence-corrected chi connectivity index (χ4v) is 2.71. The van der Waals surface area contributed by atoms with Gasteiger partial charge in [-0.05, 0) is 29.8 Å². The Labute approximate surface area is 131 Å². The average Bonchev–Trinajstić information content (AvgIpc) is 2.95. The van der Waals surface area contributed by atoms with Crippen LogP contribution in [0.1, 0.15) is 11.1 Å². The quantitative estimate of drug-likeness (QED) is 0.586. The molecule has 22 heavy (non-hydrogen) atoms. The first-order valence-electron chi connectivity index (χ1n) is 6.50. The summed E-state index contributed by atoms with van der Waals surface area (Å²) < 4.78 is 1.48. The van der Waals surface area contributed by atoms with Crippen molar-refractivity contribution in [2.24, 2.45) is 0 Å². The van der Waals surface area contributed by atoms with Crippen LogP contribution in [0, 0.1) is 11.3 Å². The van der Waals surface area contributed by atoms with E-state index in [1.165, 1.54) is 16.4 Å². The smallest absolute Gasteiger partial charge is 0.210 e. The number of rotatable bonds is 4. The zero-order chi connectivity index (χ0) is 15.4. The zero-order valence-electron chi connectivity index (χ0n) is 11.5. The van der Waals surface area contributed by atoms with Crippen molar-refractivity contribution in [1.82, 2.24) is 19.9 Å². The van der Waals surface area contributed by atoms with Crippen molar-refractivity contribution in [3.8, 4) is 17.5 Å². The van der Waals surface area contributed by atoms with E-state index in [1.54, 1.807) is 24.5 Å². The molecule has 0 aliphatic heterocycles. The van der Waals surface area contributed by atoms with E-state index in [4.69, 9.17) is 11.1 Å². The van der Waals surface area contributed by atoms with Gasteiger partial charge in [-0.25, -0.2) is 4.68 Å². The summed E-state index contributed by atoms with van der Waals surface area (Å²) >= 11 is 1.49. The fraction of sp³-hybridized carbons (Fsp3) is 0.0667. The third kappa shape index (κ3) is 2.92. The lowest BCUT2D eigenvalue weighted by Crippen LogP contribution is -2.11. The molecule has 0 aliphatic carbocycles. The van der Waals surface area contributed by atoms with Crippen LogP contribution in [0.15, 0.2) is 53.9 Å². The normalized spacial score (nSPS) is 10.3. The zero-order valence-corrected chi connectivity index (χ0v) is 12.4. The van der Waals surface area contributed by atoms with Crippen LogP contribution in [-0.4, -0.2) is 19.9 Å². The summed E-state index contributed by atoms with van der Waals surface area (Å²) in [7, 11) is 0. The van der Waals surface area contributed by atoms with Gasteiger partial charge < -0.3 is 5.84 Å². The molecule has 0 saturated carbocycles. The summed E-state index contributed by atoms with van der Waals surface area (Å²) in [5.74, 6) is 7.36. The van der Waals surface area contributed by atoms with Crippen molar-refractivity contribution >= 4 is 11.8 Å². The molecule has 0 fully saturated rings. The minimum Gasteiger partial charge on any atom is -0.335 e. The van der Waals surface area contributed by atoms with E-state index in [0.717, 1.165) is 11.1 Å². The Balaban J connectivity index is 1.74. The maximum Gasteiger partial charge on any atom is 0.210 e. The highest BCUT2D eigenvalue weighted by Gasteiger charge is 2.12. The van der Waals surface area contributed by atoms with Crippen LogP contribution in [0.2, 0.25) is 0 Å². The molecule has 0 spiro atoms. The number of nitrogens with two attached hydrogens (primary N) is 1. The largest absolute Gasteiger partial charge is 0.335 e. The minimum atomic E-state index is 0.602. The Morgan fingerprint density at radius 2 is 1.82 bits per heavy atom. The van der Waals surface area contributed by atoms with Gasteiger partial charge >= 0.3 is 0 Å². The Hall–Kier alpha value is -2.85. The fourth-order valence-electron chi connectivity index (χ4n) is 1.90. The third-order valence-electron chi connectivity index (χ3n) is 3.05. The van der Waals surface area contributed by atoms with Crippen LogP contribution < -0.4 is 5.84 Å². The first kappa shape index (κ1) is 14.1. The summed E-state index contributed by atoms with van der Waals surface area (Å²) in [4.78, 5) is 3.97. The molecule has 2 N–H and O–H groups in total. The molecule has 108 valence electrons. The molecule has 3 rings (SSSR count). The lowest BCUT2D eigenvalue weighted by Gasteiger charge is -2.03. The molecular formula is C15H12N6S. The number of nitriles is 1. The molecule has 6 nitrogen and oxygen atoms in total. The maximum absolute atomic E-state index is 8.79. The van der Waals surface area contributed by atoms with E-state index in [9.17, 15) is 0 Å². The Kier molecular flexibility index (Phi) is 4.03. The molecular weight excluding hydrogens is 296 g/mol. The Morgan fingerprint density at radius 1 is 1.09 bits per heavy atom. The van der Waals surface area contributed by atoms with Gasteiger partial charge in [-0.2, -0.15) is 5.26 Å². The molecule has 0 bridgehead atoms. The number of aromatic nitrogens is 4. The predicted molar refractivity (Wildman–Crippen MR) is 84.1 cm³/mol. The van der Waals surface area contributed by atoms with Crippen LogP contribution in [0.3, 0.4) is 0 Å². The van der Waals surface area contributed by atoms with Crippen LogP contribution in [0.5, 0.6) is 0 Å². The summed E-state index contributed by atoms with van der Waals surface area (Å²) in [5.41, 5.74) is 2.61. The van der Waals surface area contributed by atoms with Crippen molar-refractivity contribution in [2.45, 2.75) is 10.9 Å². The Morgan fingerprint density at radius 3 is 2.50 bits per heavy atom. The van der Waals surface area contributed by atoms with E-state index in [2.05, 4.69) is 21.3 Å². The van der Waals surface area contributed by atoms with Gasteiger partial charge in [0.25, 0.3) is 0 Å². The molecule has 0 atom stereocenters. The second-order valence-corrected chi connectivity index (χ2v) is 5.45. The molecule has 0 aliphatic rings. The van der Waals surface area contributed by atoms with Crippen molar-refractivity contribution in [1.29, 1.82) is 5.26 Å². The highest BCUT2D eigenvalue weighted by atomic mass is 32.2. The topological polar surface area (TPSA) is 93.4 Å². The van der Waals surface area contributed by atoms with E-state index in [0.29, 0.717) is 22.3 Å². The number of thioether (sulfide) groups is 1. The highest BCUT2D eigenvalue weighted by Crippen LogP contribution is 2.24. The minimum absolute atomic E-state index is 0.602. The van der Waals surface area contributed by atoms with E-state index in [1.807, 2.05) is 24.3 Å². The number of nitrogen functional groups attached to an aromatic ring is 1. The van der Waals surface area contributed by atoms with Crippen molar-refractivity contribution in [3.63, 3.8) is 0 Å². The third-order valence-corrected chi connectivity index (χ3v) is 4.07. The van der Waals surface area contributed by atoms with E-state index in [-0.39, 0.29) is 0 Å². The average molecular weight is 308 g/mol. The summed E-state index contributed by atoms with van der Waals surface area (Å²) in [6, 6.07) is 13.2. The molecule has 0 saturated heterocycles.